The predicted molar refractivity (Wildman–Crippen MR) is 92.4 cm³/mol. The maximum Gasteiger partial charge on any atom is 0.293 e. The summed E-state index contributed by atoms with van der Waals surface area (Å²) in [6.45, 7) is 0.0799. The summed E-state index contributed by atoms with van der Waals surface area (Å²) in [6, 6.07) is 4.88. The van der Waals surface area contributed by atoms with E-state index >= 15 is 0 Å². The molecule has 25 heavy (non-hydrogen) atoms. The molecule has 4 atom stereocenters. The molecule has 7 nitrogen and oxygen atoms in total. The van der Waals surface area contributed by atoms with Gasteiger partial charge in [0.05, 0.1) is 4.92 Å². The van der Waals surface area contributed by atoms with Gasteiger partial charge >= 0.3 is 0 Å². The highest BCUT2D eigenvalue weighted by atomic mass is 16.6. The summed E-state index contributed by atoms with van der Waals surface area (Å²) in [5.41, 5.74) is 0.705. The van der Waals surface area contributed by atoms with Gasteiger partial charge in [0, 0.05) is 36.2 Å². The summed E-state index contributed by atoms with van der Waals surface area (Å²) >= 11 is 0. The lowest BCUT2D eigenvalue weighted by Gasteiger charge is -2.30. The first-order chi connectivity index (χ1) is 12.1. The van der Waals surface area contributed by atoms with E-state index in [1.807, 2.05) is 0 Å². The molecule has 0 aliphatic heterocycles. The summed E-state index contributed by atoms with van der Waals surface area (Å²) in [5, 5.41) is 27.1. The summed E-state index contributed by atoms with van der Waals surface area (Å²) < 4.78 is 0. The third kappa shape index (κ3) is 3.08. The number of aliphatic hydroxyl groups excluding tert-OH is 1. The number of anilines is 1. The molecule has 134 valence electrons. The Bertz CT molecular complexity index is 704. The minimum absolute atomic E-state index is 0.0282. The van der Waals surface area contributed by atoms with E-state index in [4.69, 9.17) is 0 Å². The van der Waals surface area contributed by atoms with Gasteiger partial charge in [-0.05, 0) is 56.1 Å². The Morgan fingerprint density at radius 3 is 2.68 bits per heavy atom. The molecule has 1 aromatic rings. The standard InChI is InChI=1S/C18H23N3O4/c22-9-14-10-1-2-11(7-10)17(14)20-18(23)12-3-6-15(19-13-4-5-13)16(8-12)21(24)25/h3,6,8,10-11,13-14,17,19,22H,1-2,4-5,7,9H2,(H,20,23). The maximum absolute atomic E-state index is 12.6. The Kier molecular flexibility index (Phi) is 4.11. The predicted octanol–water partition coefficient (Wildman–Crippen LogP) is 2.31. The number of rotatable bonds is 6. The van der Waals surface area contributed by atoms with Gasteiger partial charge < -0.3 is 15.7 Å². The molecule has 0 heterocycles. The van der Waals surface area contributed by atoms with Crippen LogP contribution in [0.3, 0.4) is 0 Å². The Morgan fingerprint density at radius 1 is 1.24 bits per heavy atom. The van der Waals surface area contributed by atoms with Gasteiger partial charge in [0.25, 0.3) is 11.6 Å². The zero-order valence-electron chi connectivity index (χ0n) is 14.0. The number of nitro benzene ring substituents is 1. The summed E-state index contributed by atoms with van der Waals surface area (Å²) in [6.07, 6.45) is 5.30. The van der Waals surface area contributed by atoms with Crippen LogP contribution in [0.1, 0.15) is 42.5 Å². The minimum atomic E-state index is -0.449. The molecule has 0 saturated heterocycles. The first-order valence-electron chi connectivity index (χ1n) is 9.03. The number of nitro groups is 1. The number of carbonyl (C=O) groups is 1. The molecule has 3 aliphatic carbocycles. The van der Waals surface area contributed by atoms with Gasteiger partial charge in [-0.3, -0.25) is 14.9 Å². The van der Waals surface area contributed by atoms with Gasteiger partial charge in [-0.1, -0.05) is 0 Å². The van der Waals surface area contributed by atoms with E-state index in [1.165, 1.54) is 6.07 Å². The number of hydrogen-bond acceptors (Lipinski definition) is 5. The van der Waals surface area contributed by atoms with Crippen LogP contribution in [0.5, 0.6) is 0 Å². The number of nitrogens with one attached hydrogen (secondary N) is 2. The van der Waals surface area contributed by atoms with Gasteiger partial charge in [-0.25, -0.2) is 0 Å². The first kappa shape index (κ1) is 16.3. The Hall–Kier alpha value is -2.15. The highest BCUT2D eigenvalue weighted by Gasteiger charge is 2.47. The van der Waals surface area contributed by atoms with Crippen LogP contribution >= 0.6 is 0 Å². The van der Waals surface area contributed by atoms with E-state index in [1.54, 1.807) is 12.1 Å². The third-order valence-corrected chi connectivity index (χ3v) is 5.99. The maximum atomic E-state index is 12.6. The number of fused-ring (bicyclic) bond motifs is 2. The van der Waals surface area contributed by atoms with Crippen molar-refractivity contribution < 1.29 is 14.8 Å². The molecule has 3 saturated carbocycles. The monoisotopic (exact) mass is 345 g/mol. The van der Waals surface area contributed by atoms with Gasteiger partial charge in [-0.2, -0.15) is 0 Å². The lowest BCUT2D eigenvalue weighted by atomic mass is 9.85. The van der Waals surface area contributed by atoms with Crippen LogP contribution < -0.4 is 10.6 Å². The van der Waals surface area contributed by atoms with Crippen molar-refractivity contribution in [1.29, 1.82) is 0 Å². The molecule has 1 amide bonds. The largest absolute Gasteiger partial charge is 0.396 e. The summed E-state index contributed by atoms with van der Waals surface area (Å²) in [5.74, 6) is 0.710. The molecule has 4 unspecified atom stereocenters. The van der Waals surface area contributed by atoms with Crippen molar-refractivity contribution in [2.45, 2.75) is 44.2 Å². The number of carbonyl (C=O) groups excluding carboxylic acids is 1. The molecule has 7 heteroatoms. The summed E-state index contributed by atoms with van der Waals surface area (Å²) in [7, 11) is 0. The quantitative estimate of drug-likeness (QED) is 0.542. The molecular formula is C18H23N3O4. The van der Waals surface area contributed by atoms with Gasteiger partial charge in [0.2, 0.25) is 0 Å². The normalized spacial score (nSPS) is 30.3. The fraction of sp³-hybridized carbons (Fsp3) is 0.611. The van der Waals surface area contributed by atoms with E-state index in [0.29, 0.717) is 29.1 Å². The lowest BCUT2D eigenvalue weighted by molar-refractivity contribution is -0.384. The van der Waals surface area contributed by atoms with Crippen molar-refractivity contribution in [3.63, 3.8) is 0 Å². The highest BCUT2D eigenvalue weighted by Crippen LogP contribution is 2.48. The second kappa shape index (κ2) is 6.29. The third-order valence-electron chi connectivity index (χ3n) is 5.99. The molecule has 2 bridgehead atoms. The topological polar surface area (TPSA) is 104 Å². The fourth-order valence-electron chi connectivity index (χ4n) is 4.53. The minimum Gasteiger partial charge on any atom is -0.396 e. The van der Waals surface area contributed by atoms with E-state index in [-0.39, 0.29) is 30.2 Å². The number of amides is 1. The van der Waals surface area contributed by atoms with Gasteiger partial charge in [0.15, 0.2) is 0 Å². The SMILES string of the molecule is O=C(NC1C2CCC(C2)C1CO)c1ccc(NC2CC2)c([N+](=O)[O-])c1. The highest BCUT2D eigenvalue weighted by molar-refractivity contribution is 5.96. The van der Waals surface area contributed by atoms with Crippen LogP contribution in [0.2, 0.25) is 0 Å². The molecular weight excluding hydrogens is 322 g/mol. The summed E-state index contributed by atoms with van der Waals surface area (Å²) in [4.78, 5) is 23.5. The van der Waals surface area contributed by atoms with E-state index < -0.39 is 4.92 Å². The average Bonchev–Trinajstić information content (AvgIpc) is 3.19. The van der Waals surface area contributed by atoms with Crippen molar-refractivity contribution in [3.8, 4) is 0 Å². The van der Waals surface area contributed by atoms with Crippen molar-refractivity contribution in [2.75, 3.05) is 11.9 Å². The molecule has 4 rings (SSSR count). The van der Waals surface area contributed by atoms with Crippen molar-refractivity contribution in [1.82, 2.24) is 5.32 Å². The molecule has 3 N–H and O–H groups in total. The molecule has 0 radical (unpaired) electrons. The fourth-order valence-corrected chi connectivity index (χ4v) is 4.53. The molecule has 3 aliphatic rings. The average molecular weight is 345 g/mol. The smallest absolute Gasteiger partial charge is 0.293 e. The van der Waals surface area contributed by atoms with Crippen LogP contribution in [0.25, 0.3) is 0 Å². The van der Waals surface area contributed by atoms with E-state index in [0.717, 1.165) is 32.1 Å². The van der Waals surface area contributed by atoms with E-state index in [2.05, 4.69) is 10.6 Å². The molecule has 1 aromatic carbocycles. The van der Waals surface area contributed by atoms with Crippen molar-refractivity contribution in [3.05, 3.63) is 33.9 Å². The number of hydrogen-bond donors (Lipinski definition) is 3. The number of benzene rings is 1. The van der Waals surface area contributed by atoms with Gasteiger partial charge in [-0.15, -0.1) is 0 Å². The molecule has 3 fully saturated rings. The van der Waals surface area contributed by atoms with Crippen LogP contribution in [-0.2, 0) is 0 Å². The lowest BCUT2D eigenvalue weighted by Crippen LogP contribution is -2.45. The second-order valence-electron chi connectivity index (χ2n) is 7.59. The van der Waals surface area contributed by atoms with Crippen molar-refractivity contribution >= 4 is 17.3 Å². The first-order valence-corrected chi connectivity index (χ1v) is 9.03. The Morgan fingerprint density at radius 2 is 2.00 bits per heavy atom. The zero-order valence-corrected chi connectivity index (χ0v) is 14.0. The second-order valence-corrected chi connectivity index (χ2v) is 7.59. The number of aliphatic hydroxyl groups is 1. The molecule has 0 aromatic heterocycles. The Balaban J connectivity index is 1.51. The van der Waals surface area contributed by atoms with Crippen LogP contribution in [-0.4, -0.2) is 34.6 Å². The van der Waals surface area contributed by atoms with Gasteiger partial charge in [0.1, 0.15) is 5.69 Å². The number of nitrogens with zero attached hydrogens (tertiary/aromatic N) is 1. The van der Waals surface area contributed by atoms with Crippen molar-refractivity contribution in [2.24, 2.45) is 17.8 Å². The molecule has 0 spiro atoms. The zero-order chi connectivity index (χ0) is 17.6. The van der Waals surface area contributed by atoms with Crippen LogP contribution in [0.15, 0.2) is 18.2 Å². The Labute approximate surface area is 146 Å². The van der Waals surface area contributed by atoms with Crippen LogP contribution in [0, 0.1) is 27.9 Å². The van der Waals surface area contributed by atoms with Crippen LogP contribution in [0.4, 0.5) is 11.4 Å². The van der Waals surface area contributed by atoms with E-state index in [9.17, 15) is 20.0 Å².